The summed E-state index contributed by atoms with van der Waals surface area (Å²) in [6, 6.07) is 9.78. The number of anilines is 1. The number of phenols is 1. The van der Waals surface area contributed by atoms with E-state index in [4.69, 9.17) is 9.84 Å². The highest BCUT2D eigenvalue weighted by Gasteiger charge is 2.12. The Morgan fingerprint density at radius 2 is 1.86 bits per heavy atom. The Morgan fingerprint density at radius 3 is 2.50 bits per heavy atom. The van der Waals surface area contributed by atoms with Crippen LogP contribution < -0.4 is 5.32 Å². The molecule has 6 heteroatoms. The van der Waals surface area contributed by atoms with Crippen molar-refractivity contribution < 1.29 is 23.8 Å². The lowest BCUT2D eigenvalue weighted by Crippen LogP contribution is -2.21. The minimum atomic E-state index is -0.709. The zero-order chi connectivity index (χ0) is 16.1. The first-order valence-corrected chi connectivity index (χ1v) is 6.48. The normalized spacial score (nSPS) is 10.1. The van der Waals surface area contributed by atoms with Crippen molar-refractivity contribution in [3.63, 3.8) is 0 Å². The molecule has 0 saturated carbocycles. The van der Waals surface area contributed by atoms with Gasteiger partial charge in [0.05, 0.1) is 11.3 Å². The third-order valence-corrected chi connectivity index (χ3v) is 2.84. The van der Waals surface area contributed by atoms with Gasteiger partial charge in [0.2, 0.25) is 0 Å². The van der Waals surface area contributed by atoms with Gasteiger partial charge in [-0.25, -0.2) is 9.18 Å². The van der Waals surface area contributed by atoms with Gasteiger partial charge in [0.25, 0.3) is 5.91 Å². The number of carbonyl (C=O) groups excluding carboxylic acids is 2. The van der Waals surface area contributed by atoms with Gasteiger partial charge in [-0.1, -0.05) is 6.07 Å². The van der Waals surface area contributed by atoms with Gasteiger partial charge in [0, 0.05) is 0 Å². The molecule has 0 saturated heterocycles. The first-order chi connectivity index (χ1) is 10.5. The van der Waals surface area contributed by atoms with E-state index in [2.05, 4.69) is 5.32 Å². The van der Waals surface area contributed by atoms with Gasteiger partial charge >= 0.3 is 5.97 Å². The van der Waals surface area contributed by atoms with Crippen LogP contribution in [0.1, 0.15) is 15.9 Å². The predicted molar refractivity (Wildman–Crippen MR) is 78.2 cm³/mol. The van der Waals surface area contributed by atoms with Gasteiger partial charge < -0.3 is 15.2 Å². The summed E-state index contributed by atoms with van der Waals surface area (Å²) in [6.07, 6.45) is 0. The Balaban J connectivity index is 1.89. The topological polar surface area (TPSA) is 75.6 Å². The summed E-state index contributed by atoms with van der Waals surface area (Å²) < 4.78 is 18.4. The summed E-state index contributed by atoms with van der Waals surface area (Å²) in [6.45, 7) is 1.20. The molecule has 0 atom stereocenters. The number of amides is 1. The lowest BCUT2D eigenvalue weighted by atomic mass is 10.2. The summed E-state index contributed by atoms with van der Waals surface area (Å²) in [5.41, 5.74) is 0.956. The largest absolute Gasteiger partial charge is 0.508 e. The fraction of sp³-hybridized carbons (Fsp3) is 0.125. The van der Waals surface area contributed by atoms with Crippen molar-refractivity contribution in [1.82, 2.24) is 0 Å². The van der Waals surface area contributed by atoms with Crippen molar-refractivity contribution in [2.24, 2.45) is 0 Å². The Hall–Kier alpha value is -2.89. The van der Waals surface area contributed by atoms with Crippen LogP contribution in [0.15, 0.2) is 42.5 Å². The molecule has 2 rings (SSSR count). The number of benzene rings is 2. The van der Waals surface area contributed by atoms with Gasteiger partial charge in [0.1, 0.15) is 11.6 Å². The minimum absolute atomic E-state index is 0.0177. The maximum absolute atomic E-state index is 13.6. The van der Waals surface area contributed by atoms with Crippen LogP contribution in [0.4, 0.5) is 10.1 Å². The zero-order valence-electron chi connectivity index (χ0n) is 11.8. The molecule has 5 nitrogen and oxygen atoms in total. The number of carbonyl (C=O) groups is 2. The van der Waals surface area contributed by atoms with Crippen LogP contribution in [0.25, 0.3) is 0 Å². The number of ether oxygens (including phenoxy) is 1. The molecule has 2 aromatic rings. The van der Waals surface area contributed by atoms with E-state index in [9.17, 15) is 14.0 Å². The molecule has 2 aromatic carbocycles. The molecule has 0 radical (unpaired) electrons. The highest BCUT2D eigenvalue weighted by Crippen LogP contribution is 2.15. The molecule has 0 aromatic heterocycles. The second-order valence-electron chi connectivity index (χ2n) is 4.65. The molecule has 0 aliphatic carbocycles. The second kappa shape index (κ2) is 6.71. The molecule has 0 spiro atoms. The maximum atomic E-state index is 13.6. The SMILES string of the molecule is Cc1ccc(NC(=O)COC(=O)c2ccc(O)cc2)c(F)c1. The third kappa shape index (κ3) is 4.05. The molecule has 22 heavy (non-hydrogen) atoms. The van der Waals surface area contributed by atoms with Gasteiger partial charge in [-0.05, 0) is 48.9 Å². The van der Waals surface area contributed by atoms with Crippen LogP contribution in [0.3, 0.4) is 0 Å². The van der Waals surface area contributed by atoms with Gasteiger partial charge in [0.15, 0.2) is 6.61 Å². The number of phenolic OH excluding ortho intramolecular Hbond substituents is 1. The van der Waals surface area contributed by atoms with E-state index in [1.807, 2.05) is 0 Å². The Morgan fingerprint density at radius 1 is 1.18 bits per heavy atom. The first-order valence-electron chi connectivity index (χ1n) is 6.48. The lowest BCUT2D eigenvalue weighted by Gasteiger charge is -2.08. The van der Waals surface area contributed by atoms with E-state index in [-0.39, 0.29) is 17.0 Å². The molecule has 0 fully saturated rings. The molecule has 1 amide bonds. The summed E-state index contributed by atoms with van der Waals surface area (Å²) in [5, 5.41) is 11.4. The quantitative estimate of drug-likeness (QED) is 0.851. The van der Waals surface area contributed by atoms with Crippen molar-refractivity contribution in [1.29, 1.82) is 0 Å². The molecule has 2 N–H and O–H groups in total. The highest BCUT2D eigenvalue weighted by molar-refractivity contribution is 5.95. The number of halogens is 1. The molecule has 0 heterocycles. The van der Waals surface area contributed by atoms with Crippen LogP contribution in [-0.2, 0) is 9.53 Å². The Kier molecular flexibility index (Phi) is 4.73. The van der Waals surface area contributed by atoms with Crippen molar-refractivity contribution in [2.75, 3.05) is 11.9 Å². The monoisotopic (exact) mass is 303 g/mol. The molecule has 0 bridgehead atoms. The summed E-state index contributed by atoms with van der Waals surface area (Å²) in [7, 11) is 0. The van der Waals surface area contributed by atoms with Crippen LogP contribution in [0.5, 0.6) is 5.75 Å². The van der Waals surface area contributed by atoms with Crippen molar-refractivity contribution >= 4 is 17.6 Å². The second-order valence-corrected chi connectivity index (χ2v) is 4.65. The molecular formula is C16H14FNO4. The number of aryl methyl sites for hydroxylation is 1. The zero-order valence-corrected chi connectivity index (χ0v) is 11.8. The maximum Gasteiger partial charge on any atom is 0.338 e. The van der Waals surface area contributed by atoms with E-state index in [1.165, 1.54) is 36.4 Å². The summed E-state index contributed by atoms with van der Waals surface area (Å²) >= 11 is 0. The minimum Gasteiger partial charge on any atom is -0.508 e. The number of hydrogen-bond acceptors (Lipinski definition) is 4. The molecule has 0 aliphatic rings. The number of aromatic hydroxyl groups is 1. The first kappa shape index (κ1) is 15.5. The van der Waals surface area contributed by atoms with E-state index >= 15 is 0 Å². The number of nitrogens with one attached hydrogen (secondary N) is 1. The highest BCUT2D eigenvalue weighted by atomic mass is 19.1. The van der Waals surface area contributed by atoms with Crippen molar-refractivity contribution in [3.8, 4) is 5.75 Å². The number of hydrogen-bond donors (Lipinski definition) is 2. The van der Waals surface area contributed by atoms with E-state index in [0.717, 1.165) is 5.56 Å². The summed E-state index contributed by atoms with van der Waals surface area (Å²) in [4.78, 5) is 23.3. The standard InChI is InChI=1S/C16H14FNO4/c1-10-2-7-14(13(17)8-10)18-15(20)9-22-16(21)11-3-5-12(19)6-4-11/h2-8,19H,9H2,1H3,(H,18,20). The summed E-state index contributed by atoms with van der Waals surface area (Å²) in [5.74, 6) is -1.89. The Bertz CT molecular complexity index is 698. The lowest BCUT2D eigenvalue weighted by molar-refractivity contribution is -0.119. The molecule has 114 valence electrons. The molecule has 0 unspecified atom stereocenters. The average molecular weight is 303 g/mol. The van der Waals surface area contributed by atoms with Crippen molar-refractivity contribution in [2.45, 2.75) is 6.92 Å². The van der Waals surface area contributed by atoms with E-state index in [1.54, 1.807) is 13.0 Å². The van der Waals surface area contributed by atoms with E-state index in [0.29, 0.717) is 0 Å². The fourth-order valence-electron chi connectivity index (χ4n) is 1.72. The molecule has 0 aliphatic heterocycles. The van der Waals surface area contributed by atoms with Crippen LogP contribution >= 0.6 is 0 Å². The predicted octanol–water partition coefficient (Wildman–Crippen LogP) is 2.64. The Labute approximate surface area is 126 Å². The third-order valence-electron chi connectivity index (χ3n) is 2.84. The van der Waals surface area contributed by atoms with E-state index < -0.39 is 24.3 Å². The van der Waals surface area contributed by atoms with Gasteiger partial charge in [-0.2, -0.15) is 0 Å². The number of esters is 1. The fourth-order valence-corrected chi connectivity index (χ4v) is 1.72. The van der Waals surface area contributed by atoms with Crippen LogP contribution in [0, 0.1) is 12.7 Å². The number of rotatable bonds is 4. The van der Waals surface area contributed by atoms with Gasteiger partial charge in [-0.3, -0.25) is 4.79 Å². The van der Waals surface area contributed by atoms with Gasteiger partial charge in [-0.15, -0.1) is 0 Å². The van der Waals surface area contributed by atoms with Crippen LogP contribution in [-0.4, -0.2) is 23.6 Å². The smallest absolute Gasteiger partial charge is 0.338 e. The van der Waals surface area contributed by atoms with Crippen molar-refractivity contribution in [3.05, 3.63) is 59.4 Å². The molecular weight excluding hydrogens is 289 g/mol. The van der Waals surface area contributed by atoms with Crippen LogP contribution in [0.2, 0.25) is 0 Å². The average Bonchev–Trinajstić information content (AvgIpc) is 2.48.